The van der Waals surface area contributed by atoms with Gasteiger partial charge in [0.2, 0.25) is 0 Å². The average Bonchev–Trinajstić information content (AvgIpc) is 3.60. The van der Waals surface area contributed by atoms with E-state index in [-0.39, 0.29) is 24.4 Å². The van der Waals surface area contributed by atoms with Crippen LogP contribution in [0.25, 0.3) is 0 Å². The summed E-state index contributed by atoms with van der Waals surface area (Å²) in [5.74, 6) is 0.291. The van der Waals surface area contributed by atoms with Gasteiger partial charge >= 0.3 is 5.97 Å². The number of carbonyl (C=O) groups is 2. The van der Waals surface area contributed by atoms with Gasteiger partial charge in [-0.25, -0.2) is 4.79 Å². The van der Waals surface area contributed by atoms with Crippen molar-refractivity contribution in [3.63, 3.8) is 0 Å². The van der Waals surface area contributed by atoms with Crippen LogP contribution in [0.2, 0.25) is 0 Å². The summed E-state index contributed by atoms with van der Waals surface area (Å²) in [6.07, 6.45) is 2.88. The molecule has 7 nitrogen and oxygen atoms in total. The van der Waals surface area contributed by atoms with E-state index in [1.54, 1.807) is 25.6 Å². The lowest BCUT2D eigenvalue weighted by Gasteiger charge is -2.36. The summed E-state index contributed by atoms with van der Waals surface area (Å²) in [6, 6.07) is 9.64. The lowest BCUT2D eigenvalue weighted by atomic mass is 9.72. The quantitative estimate of drug-likeness (QED) is 0.534. The number of hydrogen-bond donors (Lipinski definition) is 1. The Hall–Kier alpha value is -3.10. The first-order valence-electron chi connectivity index (χ1n) is 12.3. The number of methoxy groups -OCH3 is 2. The van der Waals surface area contributed by atoms with Gasteiger partial charge in [-0.15, -0.1) is 11.3 Å². The minimum absolute atomic E-state index is 0.0406. The van der Waals surface area contributed by atoms with E-state index in [2.05, 4.69) is 11.4 Å². The molecule has 0 amide bonds. The Labute approximate surface area is 215 Å². The number of ketones is 1. The minimum Gasteiger partial charge on any atom is -0.493 e. The number of rotatable bonds is 7. The number of hydrogen-bond acceptors (Lipinski definition) is 8. The summed E-state index contributed by atoms with van der Waals surface area (Å²) in [5.41, 5.74) is 3.43. The number of esters is 1. The highest BCUT2D eigenvalue weighted by molar-refractivity contribution is 7.10. The fourth-order valence-electron chi connectivity index (χ4n) is 5.42. The summed E-state index contributed by atoms with van der Waals surface area (Å²) in [4.78, 5) is 28.4. The van der Waals surface area contributed by atoms with Crippen LogP contribution in [0, 0.1) is 0 Å². The number of nitrogens with one attached hydrogen (secondary N) is 1. The topological polar surface area (TPSA) is 83.1 Å². The molecule has 0 radical (unpaired) electrons. The van der Waals surface area contributed by atoms with Gasteiger partial charge in [0, 0.05) is 46.7 Å². The summed E-state index contributed by atoms with van der Waals surface area (Å²) in [5, 5.41) is 5.44. The van der Waals surface area contributed by atoms with Crippen LogP contribution in [0.5, 0.6) is 11.5 Å². The van der Waals surface area contributed by atoms with Gasteiger partial charge in [-0.1, -0.05) is 12.1 Å². The van der Waals surface area contributed by atoms with Crippen LogP contribution >= 0.6 is 11.3 Å². The Kier molecular flexibility index (Phi) is 7.16. The molecule has 1 aromatic heterocycles. The Morgan fingerprint density at radius 2 is 2.00 bits per heavy atom. The van der Waals surface area contributed by atoms with E-state index < -0.39 is 11.9 Å². The van der Waals surface area contributed by atoms with Crippen molar-refractivity contribution in [1.82, 2.24) is 5.32 Å². The zero-order valence-electron chi connectivity index (χ0n) is 20.8. The molecule has 3 aliphatic rings. The highest BCUT2D eigenvalue weighted by Gasteiger charge is 2.42. The maximum Gasteiger partial charge on any atom is 0.336 e. The van der Waals surface area contributed by atoms with E-state index in [0.29, 0.717) is 47.8 Å². The number of thiophene rings is 1. The number of allylic oxidation sites excluding steroid dienone is 3. The molecule has 1 saturated heterocycles. The van der Waals surface area contributed by atoms with Gasteiger partial charge < -0.3 is 24.3 Å². The predicted molar refractivity (Wildman–Crippen MR) is 136 cm³/mol. The maximum absolute atomic E-state index is 13.7. The molecule has 3 heterocycles. The molecule has 0 spiro atoms. The monoisotopic (exact) mass is 509 g/mol. The third-order valence-electron chi connectivity index (χ3n) is 7.16. The molecular weight excluding hydrogens is 478 g/mol. The Bertz CT molecular complexity index is 1210. The summed E-state index contributed by atoms with van der Waals surface area (Å²) in [7, 11) is 3.15. The Balaban J connectivity index is 1.54. The van der Waals surface area contributed by atoms with Crippen LogP contribution in [-0.4, -0.2) is 45.3 Å². The number of benzene rings is 1. The van der Waals surface area contributed by atoms with Crippen molar-refractivity contribution in [3.8, 4) is 11.5 Å². The van der Waals surface area contributed by atoms with Gasteiger partial charge in [-0.2, -0.15) is 0 Å². The molecule has 1 N–H and O–H groups in total. The van der Waals surface area contributed by atoms with E-state index in [1.165, 1.54) is 4.88 Å². The molecule has 2 aliphatic heterocycles. The molecule has 1 aliphatic carbocycles. The smallest absolute Gasteiger partial charge is 0.336 e. The summed E-state index contributed by atoms with van der Waals surface area (Å²) >= 11 is 1.67. The average molecular weight is 510 g/mol. The number of Topliss-reactive ketones (excluding diaryl/α,β-unsaturated/α-hetero) is 1. The molecule has 8 heteroatoms. The molecule has 190 valence electrons. The van der Waals surface area contributed by atoms with Crippen LogP contribution in [-0.2, 0) is 19.1 Å². The summed E-state index contributed by atoms with van der Waals surface area (Å²) < 4.78 is 22.3. The predicted octanol–water partition coefficient (Wildman–Crippen LogP) is 4.85. The van der Waals surface area contributed by atoms with Crippen molar-refractivity contribution >= 4 is 23.1 Å². The van der Waals surface area contributed by atoms with Gasteiger partial charge in [0.25, 0.3) is 0 Å². The first-order valence-corrected chi connectivity index (χ1v) is 13.2. The highest BCUT2D eigenvalue weighted by Crippen LogP contribution is 2.47. The van der Waals surface area contributed by atoms with Gasteiger partial charge in [0.05, 0.1) is 25.9 Å². The second kappa shape index (κ2) is 10.5. The maximum atomic E-state index is 13.7. The van der Waals surface area contributed by atoms with Crippen molar-refractivity contribution in [2.75, 3.05) is 27.4 Å². The van der Waals surface area contributed by atoms with E-state index in [0.717, 1.165) is 24.1 Å². The molecule has 2 aromatic rings. The number of carbonyl (C=O) groups excluding carboxylic acids is 2. The summed E-state index contributed by atoms with van der Waals surface area (Å²) in [6.45, 7) is 2.77. The molecule has 36 heavy (non-hydrogen) atoms. The van der Waals surface area contributed by atoms with Crippen LogP contribution in [0.4, 0.5) is 0 Å². The number of ether oxygens (including phenoxy) is 4. The van der Waals surface area contributed by atoms with Crippen molar-refractivity contribution in [1.29, 1.82) is 0 Å². The molecule has 3 unspecified atom stereocenters. The standard InChI is InChI=1S/C28H31NO6S/c1-16-25(28(31)35-15-19-6-4-10-34-19)26(17-8-9-22(32-2)23(14-17)33-3)27-20(29-16)12-18(13-21(27)30)24-7-5-11-36-24/h5,7-9,11,14,18-19,26,29H,4,6,10,12-13,15H2,1-3H3. The van der Waals surface area contributed by atoms with Gasteiger partial charge in [0.15, 0.2) is 17.3 Å². The van der Waals surface area contributed by atoms with Crippen molar-refractivity contribution in [3.05, 3.63) is 68.7 Å². The fourth-order valence-corrected chi connectivity index (χ4v) is 6.25. The minimum atomic E-state index is -0.560. The highest BCUT2D eigenvalue weighted by atomic mass is 32.1. The lowest BCUT2D eigenvalue weighted by Crippen LogP contribution is -2.36. The molecule has 1 fully saturated rings. The first kappa shape index (κ1) is 24.6. The Morgan fingerprint density at radius 3 is 2.69 bits per heavy atom. The fraction of sp³-hybridized carbons (Fsp3) is 0.429. The van der Waals surface area contributed by atoms with E-state index in [9.17, 15) is 9.59 Å². The van der Waals surface area contributed by atoms with Crippen molar-refractivity contribution in [2.45, 2.75) is 50.5 Å². The molecule has 5 rings (SSSR count). The SMILES string of the molecule is COc1ccc(C2C(C(=O)OCC3CCCO3)=C(C)NC3=C2C(=O)CC(c2cccs2)C3)cc1OC. The zero-order valence-corrected chi connectivity index (χ0v) is 21.6. The Morgan fingerprint density at radius 1 is 1.17 bits per heavy atom. The van der Waals surface area contributed by atoms with Crippen molar-refractivity contribution in [2.24, 2.45) is 0 Å². The second-order valence-electron chi connectivity index (χ2n) is 9.38. The normalized spacial score (nSPS) is 23.9. The lowest BCUT2D eigenvalue weighted by molar-refractivity contribution is -0.142. The zero-order chi connectivity index (χ0) is 25.2. The van der Waals surface area contributed by atoms with Crippen LogP contribution in [0.3, 0.4) is 0 Å². The van der Waals surface area contributed by atoms with E-state index in [1.807, 2.05) is 36.6 Å². The van der Waals surface area contributed by atoms with Gasteiger partial charge in [0.1, 0.15) is 6.61 Å². The third kappa shape index (κ3) is 4.67. The van der Waals surface area contributed by atoms with E-state index >= 15 is 0 Å². The molecule has 3 atom stereocenters. The first-order chi connectivity index (χ1) is 17.5. The molecule has 1 aromatic carbocycles. The van der Waals surface area contributed by atoms with Crippen molar-refractivity contribution < 1.29 is 28.5 Å². The largest absolute Gasteiger partial charge is 0.493 e. The third-order valence-corrected chi connectivity index (χ3v) is 8.19. The second-order valence-corrected chi connectivity index (χ2v) is 10.4. The van der Waals surface area contributed by atoms with Gasteiger partial charge in [-0.3, -0.25) is 4.79 Å². The van der Waals surface area contributed by atoms with Gasteiger partial charge in [-0.05, 0) is 55.3 Å². The molecular formula is C28H31NO6S. The molecule has 0 saturated carbocycles. The van der Waals surface area contributed by atoms with Crippen LogP contribution in [0.1, 0.15) is 54.9 Å². The van der Waals surface area contributed by atoms with E-state index in [4.69, 9.17) is 18.9 Å². The van der Waals surface area contributed by atoms with Crippen LogP contribution in [0.15, 0.2) is 58.3 Å². The number of dihydropyridines is 1. The molecule has 0 bridgehead atoms. The van der Waals surface area contributed by atoms with Crippen LogP contribution < -0.4 is 14.8 Å².